The van der Waals surface area contributed by atoms with Crippen LogP contribution >= 0.6 is 0 Å². The van der Waals surface area contributed by atoms with Gasteiger partial charge in [-0.05, 0) is 12.8 Å². The Labute approximate surface area is 127 Å². The first-order valence-corrected chi connectivity index (χ1v) is 7.00. The molecule has 8 nitrogen and oxygen atoms in total. The van der Waals surface area contributed by atoms with Gasteiger partial charge in [-0.3, -0.25) is 24.1 Å². The summed E-state index contributed by atoms with van der Waals surface area (Å²) in [5.74, 6) is -1.63. The van der Waals surface area contributed by atoms with E-state index in [1.165, 1.54) is 12.2 Å². The SMILES string of the molecule is NC(=O)C[C@@H](C=O)NC(=O)CCCCCN1C(=O)C=CC1=O. The minimum atomic E-state index is -0.893. The zero-order valence-electron chi connectivity index (χ0n) is 12.1. The van der Waals surface area contributed by atoms with Crippen LogP contribution in [-0.4, -0.2) is 47.4 Å². The van der Waals surface area contributed by atoms with Crippen LogP contribution in [0.5, 0.6) is 0 Å². The Morgan fingerprint density at radius 1 is 1.18 bits per heavy atom. The van der Waals surface area contributed by atoms with Crippen molar-refractivity contribution in [2.45, 2.75) is 38.1 Å². The first-order valence-electron chi connectivity index (χ1n) is 7.00. The number of nitrogens with zero attached hydrogens (tertiary/aromatic N) is 1. The number of amides is 4. The zero-order chi connectivity index (χ0) is 16.5. The van der Waals surface area contributed by atoms with Gasteiger partial charge < -0.3 is 15.8 Å². The Balaban J connectivity index is 2.15. The van der Waals surface area contributed by atoms with Gasteiger partial charge in [0, 0.05) is 25.1 Å². The molecule has 1 rings (SSSR count). The zero-order valence-corrected chi connectivity index (χ0v) is 12.1. The maximum Gasteiger partial charge on any atom is 0.253 e. The summed E-state index contributed by atoms with van der Waals surface area (Å²) in [6.45, 7) is 0.324. The Bertz CT molecular complexity index is 483. The number of nitrogens with one attached hydrogen (secondary N) is 1. The van der Waals surface area contributed by atoms with E-state index in [9.17, 15) is 24.0 Å². The molecule has 1 aliphatic heterocycles. The summed E-state index contributed by atoms with van der Waals surface area (Å²) in [6, 6.07) is -0.893. The number of primary amides is 1. The second-order valence-corrected chi connectivity index (χ2v) is 4.95. The molecule has 0 bridgehead atoms. The molecule has 0 aromatic heterocycles. The van der Waals surface area contributed by atoms with Crippen molar-refractivity contribution >= 4 is 29.9 Å². The van der Waals surface area contributed by atoms with Crippen LogP contribution < -0.4 is 11.1 Å². The van der Waals surface area contributed by atoms with Crippen molar-refractivity contribution in [3.05, 3.63) is 12.2 Å². The smallest absolute Gasteiger partial charge is 0.253 e. The molecule has 0 aromatic rings. The molecule has 1 atom stereocenters. The molecule has 120 valence electrons. The van der Waals surface area contributed by atoms with Gasteiger partial charge in [0.1, 0.15) is 6.29 Å². The highest BCUT2D eigenvalue weighted by molar-refractivity contribution is 6.12. The van der Waals surface area contributed by atoms with Crippen LogP contribution in [0.4, 0.5) is 0 Å². The normalized spacial score (nSPS) is 15.0. The third-order valence-electron chi connectivity index (χ3n) is 3.12. The lowest BCUT2D eigenvalue weighted by molar-refractivity contribution is -0.137. The fourth-order valence-corrected chi connectivity index (χ4v) is 2.01. The number of aldehydes is 1. The van der Waals surface area contributed by atoms with Crippen LogP contribution in [0.1, 0.15) is 32.1 Å². The van der Waals surface area contributed by atoms with Gasteiger partial charge in [-0.1, -0.05) is 6.42 Å². The van der Waals surface area contributed by atoms with Gasteiger partial charge >= 0.3 is 0 Å². The fraction of sp³-hybridized carbons (Fsp3) is 0.500. The number of unbranched alkanes of at least 4 members (excludes halogenated alkanes) is 2. The van der Waals surface area contributed by atoms with Crippen LogP contribution in [0.2, 0.25) is 0 Å². The Kier molecular flexibility index (Phi) is 6.94. The molecule has 0 spiro atoms. The maximum atomic E-state index is 11.6. The van der Waals surface area contributed by atoms with Crippen LogP contribution in [0.3, 0.4) is 0 Å². The molecule has 1 heterocycles. The summed E-state index contributed by atoms with van der Waals surface area (Å²) in [4.78, 5) is 56.6. The van der Waals surface area contributed by atoms with Crippen molar-refractivity contribution in [2.24, 2.45) is 5.73 Å². The second-order valence-electron chi connectivity index (χ2n) is 4.95. The van der Waals surface area contributed by atoms with Gasteiger partial charge in [0.2, 0.25) is 11.8 Å². The monoisotopic (exact) mass is 309 g/mol. The molecule has 1 aliphatic rings. The summed E-state index contributed by atoms with van der Waals surface area (Å²) < 4.78 is 0. The molecule has 8 heteroatoms. The van der Waals surface area contributed by atoms with E-state index in [2.05, 4.69) is 5.32 Å². The predicted octanol–water partition coefficient (Wildman–Crippen LogP) is -0.969. The third-order valence-corrected chi connectivity index (χ3v) is 3.12. The van der Waals surface area contributed by atoms with Crippen LogP contribution in [0, 0.1) is 0 Å². The number of nitrogens with two attached hydrogens (primary N) is 1. The molecule has 4 amide bonds. The van der Waals surface area contributed by atoms with Gasteiger partial charge in [0.15, 0.2) is 0 Å². The van der Waals surface area contributed by atoms with Crippen LogP contribution in [-0.2, 0) is 24.0 Å². The summed E-state index contributed by atoms with van der Waals surface area (Å²) >= 11 is 0. The second kappa shape index (κ2) is 8.71. The van der Waals surface area contributed by atoms with Crippen molar-refractivity contribution in [3.8, 4) is 0 Å². The number of imide groups is 1. The van der Waals surface area contributed by atoms with E-state index < -0.39 is 11.9 Å². The van der Waals surface area contributed by atoms with E-state index in [0.29, 0.717) is 32.1 Å². The van der Waals surface area contributed by atoms with Crippen molar-refractivity contribution in [1.82, 2.24) is 10.2 Å². The molecule has 0 unspecified atom stereocenters. The Morgan fingerprint density at radius 3 is 2.36 bits per heavy atom. The highest BCUT2D eigenvalue weighted by Crippen LogP contribution is 2.07. The van der Waals surface area contributed by atoms with E-state index in [1.807, 2.05) is 0 Å². The Hall–Kier alpha value is -2.51. The summed E-state index contributed by atoms with van der Waals surface area (Å²) in [5.41, 5.74) is 4.95. The first-order chi connectivity index (χ1) is 10.4. The summed E-state index contributed by atoms with van der Waals surface area (Å²) in [6.07, 6.45) is 4.72. The average Bonchev–Trinajstić information content (AvgIpc) is 2.77. The Morgan fingerprint density at radius 2 is 1.82 bits per heavy atom. The van der Waals surface area contributed by atoms with E-state index in [-0.39, 0.29) is 30.6 Å². The molecule has 22 heavy (non-hydrogen) atoms. The maximum absolute atomic E-state index is 11.6. The number of hydrogen-bond acceptors (Lipinski definition) is 5. The average molecular weight is 309 g/mol. The third kappa shape index (κ3) is 5.86. The number of carbonyl (C=O) groups excluding carboxylic acids is 5. The topological polar surface area (TPSA) is 127 Å². The van der Waals surface area contributed by atoms with Crippen LogP contribution in [0.25, 0.3) is 0 Å². The van der Waals surface area contributed by atoms with Gasteiger partial charge in [-0.15, -0.1) is 0 Å². The fourth-order valence-electron chi connectivity index (χ4n) is 2.01. The predicted molar refractivity (Wildman–Crippen MR) is 76.1 cm³/mol. The molecule has 0 saturated heterocycles. The van der Waals surface area contributed by atoms with E-state index in [0.717, 1.165) is 4.90 Å². The van der Waals surface area contributed by atoms with Gasteiger partial charge in [0.25, 0.3) is 11.8 Å². The van der Waals surface area contributed by atoms with Crippen molar-refractivity contribution in [2.75, 3.05) is 6.54 Å². The lowest BCUT2D eigenvalue weighted by Crippen LogP contribution is -2.38. The van der Waals surface area contributed by atoms with Crippen molar-refractivity contribution in [1.29, 1.82) is 0 Å². The van der Waals surface area contributed by atoms with E-state index in [4.69, 9.17) is 5.73 Å². The van der Waals surface area contributed by atoms with Gasteiger partial charge in [-0.25, -0.2) is 0 Å². The minimum Gasteiger partial charge on any atom is -0.370 e. The number of rotatable bonds is 10. The van der Waals surface area contributed by atoms with Gasteiger partial charge in [0.05, 0.1) is 12.5 Å². The largest absolute Gasteiger partial charge is 0.370 e. The first kappa shape index (κ1) is 17.5. The molecule has 0 radical (unpaired) electrons. The van der Waals surface area contributed by atoms with E-state index >= 15 is 0 Å². The molecule has 0 aromatic carbocycles. The van der Waals surface area contributed by atoms with Crippen molar-refractivity contribution < 1.29 is 24.0 Å². The number of carbonyl (C=O) groups is 5. The lowest BCUT2D eigenvalue weighted by atomic mass is 10.1. The minimum absolute atomic E-state index is 0.198. The van der Waals surface area contributed by atoms with Crippen molar-refractivity contribution in [3.63, 3.8) is 0 Å². The molecule has 0 saturated carbocycles. The molecule has 3 N–H and O–H groups in total. The van der Waals surface area contributed by atoms with Crippen LogP contribution in [0.15, 0.2) is 12.2 Å². The highest BCUT2D eigenvalue weighted by atomic mass is 16.2. The quantitative estimate of drug-likeness (QED) is 0.305. The molecule has 0 aliphatic carbocycles. The van der Waals surface area contributed by atoms with E-state index in [1.54, 1.807) is 0 Å². The standard InChI is InChI=1S/C14H19N3O5/c15-11(19)8-10(9-18)16-12(20)4-2-1-3-7-17-13(21)5-6-14(17)22/h5-6,9-10H,1-4,7-8H2,(H2,15,19)(H,16,20)/t10-/m0/s1. The summed E-state index contributed by atoms with van der Waals surface area (Å²) in [5, 5.41) is 2.41. The summed E-state index contributed by atoms with van der Waals surface area (Å²) in [7, 11) is 0. The molecular formula is C14H19N3O5. The molecular weight excluding hydrogens is 290 g/mol. The number of hydrogen-bond donors (Lipinski definition) is 2. The lowest BCUT2D eigenvalue weighted by Gasteiger charge is -2.13. The molecule has 0 fully saturated rings. The van der Waals surface area contributed by atoms with Gasteiger partial charge in [-0.2, -0.15) is 0 Å². The highest BCUT2D eigenvalue weighted by Gasteiger charge is 2.22.